The smallest absolute Gasteiger partial charge is 0.411 e. The Balaban J connectivity index is 2.73. The van der Waals surface area contributed by atoms with Gasteiger partial charge in [-0.25, -0.2) is 0 Å². The fourth-order valence-corrected chi connectivity index (χ4v) is 2.21. The van der Waals surface area contributed by atoms with Crippen LogP contribution in [0.15, 0.2) is 5.16 Å². The number of hydrogen-bond donors (Lipinski definition) is 1. The van der Waals surface area contributed by atoms with Crippen LogP contribution < -0.4 is 0 Å². The highest BCUT2D eigenvalue weighted by Crippen LogP contribution is 2.22. The molecule has 0 aliphatic heterocycles. The Hall–Kier alpha value is -1.29. The van der Waals surface area contributed by atoms with Crippen molar-refractivity contribution < 1.29 is 27.8 Å². The number of alkyl halides is 3. The molecule has 0 amide bonds. The first-order valence-corrected chi connectivity index (χ1v) is 6.62. The molecule has 1 N–H and O–H groups in total. The zero-order chi connectivity index (χ0) is 15.3. The van der Waals surface area contributed by atoms with Crippen LogP contribution in [0.2, 0.25) is 0 Å². The molecule has 1 rings (SSSR count). The Kier molecular flexibility index (Phi) is 5.81. The van der Waals surface area contributed by atoms with Gasteiger partial charge < -0.3 is 14.4 Å². The van der Waals surface area contributed by atoms with Crippen LogP contribution in [0.1, 0.15) is 25.7 Å². The topological polar surface area (TPSA) is 77.2 Å². The highest BCUT2D eigenvalue weighted by molar-refractivity contribution is 7.99. The number of halogens is 3. The van der Waals surface area contributed by atoms with Gasteiger partial charge in [0.05, 0.1) is 5.75 Å². The van der Waals surface area contributed by atoms with E-state index in [-0.39, 0.29) is 24.2 Å². The lowest BCUT2D eigenvalue weighted by molar-refractivity contribution is -0.177. The van der Waals surface area contributed by atoms with Gasteiger partial charge in [-0.05, 0) is 13.8 Å². The van der Waals surface area contributed by atoms with Crippen LogP contribution in [0, 0.1) is 0 Å². The van der Waals surface area contributed by atoms with Crippen LogP contribution in [0.3, 0.4) is 0 Å². The average Bonchev–Trinajstić information content (AvgIpc) is 2.67. The molecule has 0 saturated heterocycles. The van der Waals surface area contributed by atoms with E-state index in [1.54, 1.807) is 18.4 Å². The summed E-state index contributed by atoms with van der Waals surface area (Å²) in [5.41, 5.74) is 0. The normalized spacial score (nSPS) is 12.1. The minimum Gasteiger partial charge on any atom is -0.481 e. The van der Waals surface area contributed by atoms with E-state index in [0.29, 0.717) is 5.16 Å². The molecule has 0 aliphatic rings. The van der Waals surface area contributed by atoms with Crippen LogP contribution >= 0.6 is 11.8 Å². The fraction of sp³-hybridized carbons (Fsp3) is 0.700. The number of nitrogens with zero attached hydrogens (tertiary/aromatic N) is 3. The van der Waals surface area contributed by atoms with Crippen molar-refractivity contribution in [1.82, 2.24) is 14.8 Å². The van der Waals surface area contributed by atoms with Gasteiger partial charge in [-0.15, -0.1) is 10.2 Å². The van der Waals surface area contributed by atoms with Gasteiger partial charge in [-0.1, -0.05) is 11.8 Å². The summed E-state index contributed by atoms with van der Waals surface area (Å²) < 4.78 is 42.1. The molecule has 1 heterocycles. The quantitative estimate of drug-likeness (QED) is 0.777. The Labute approximate surface area is 117 Å². The Morgan fingerprint density at radius 1 is 1.45 bits per heavy atom. The van der Waals surface area contributed by atoms with E-state index in [1.807, 2.05) is 0 Å². The number of ether oxygens (including phenoxy) is 1. The van der Waals surface area contributed by atoms with E-state index in [9.17, 15) is 18.0 Å². The highest BCUT2D eigenvalue weighted by atomic mass is 32.2. The van der Waals surface area contributed by atoms with Crippen molar-refractivity contribution in [2.45, 2.75) is 37.8 Å². The minimum absolute atomic E-state index is 0.120. The molecule has 0 aromatic carbocycles. The summed E-state index contributed by atoms with van der Waals surface area (Å²) in [7, 11) is 0. The lowest BCUT2D eigenvalue weighted by Crippen LogP contribution is -2.18. The molecule has 0 unspecified atom stereocenters. The summed E-state index contributed by atoms with van der Waals surface area (Å²) >= 11 is 0.955. The summed E-state index contributed by atoms with van der Waals surface area (Å²) in [5.74, 6) is -0.978. The Morgan fingerprint density at radius 3 is 2.60 bits per heavy atom. The first-order chi connectivity index (χ1) is 9.20. The zero-order valence-corrected chi connectivity index (χ0v) is 11.7. The van der Waals surface area contributed by atoms with Crippen molar-refractivity contribution in [3.05, 3.63) is 5.82 Å². The number of rotatable bonds is 7. The summed E-state index contributed by atoms with van der Waals surface area (Å²) in [6, 6.07) is -0.120. The maximum absolute atomic E-state index is 12.0. The van der Waals surface area contributed by atoms with E-state index in [4.69, 9.17) is 5.11 Å². The van der Waals surface area contributed by atoms with Gasteiger partial charge >= 0.3 is 12.1 Å². The number of thioether (sulfide) groups is 1. The van der Waals surface area contributed by atoms with Crippen LogP contribution in [-0.4, -0.2) is 44.4 Å². The SMILES string of the molecule is CC(C)n1c(COCC(F)(F)F)nnc1SCC(=O)O. The number of aliphatic carboxylic acids is 1. The third-order valence-electron chi connectivity index (χ3n) is 2.07. The molecule has 0 spiro atoms. The number of aromatic nitrogens is 3. The van der Waals surface area contributed by atoms with E-state index in [1.165, 1.54) is 0 Å². The molecule has 10 heteroatoms. The van der Waals surface area contributed by atoms with Crippen molar-refractivity contribution in [2.24, 2.45) is 0 Å². The Bertz CT molecular complexity index is 462. The second kappa shape index (κ2) is 6.93. The van der Waals surface area contributed by atoms with E-state index < -0.39 is 18.8 Å². The predicted molar refractivity (Wildman–Crippen MR) is 64.5 cm³/mol. The van der Waals surface area contributed by atoms with E-state index in [0.717, 1.165) is 11.8 Å². The summed E-state index contributed by atoms with van der Waals surface area (Å²) in [6.07, 6.45) is -4.40. The third kappa shape index (κ3) is 5.37. The molecule has 0 fully saturated rings. The molecule has 6 nitrogen and oxygen atoms in total. The van der Waals surface area contributed by atoms with Gasteiger partial charge in [0.15, 0.2) is 11.0 Å². The van der Waals surface area contributed by atoms with Crippen molar-refractivity contribution >= 4 is 17.7 Å². The Morgan fingerprint density at radius 2 is 2.10 bits per heavy atom. The van der Waals surface area contributed by atoms with Crippen LogP contribution in [0.4, 0.5) is 13.2 Å². The maximum atomic E-state index is 12.0. The molecular weight excluding hydrogens is 299 g/mol. The maximum Gasteiger partial charge on any atom is 0.411 e. The number of carbonyl (C=O) groups is 1. The highest BCUT2D eigenvalue weighted by Gasteiger charge is 2.28. The largest absolute Gasteiger partial charge is 0.481 e. The minimum atomic E-state index is -4.40. The van der Waals surface area contributed by atoms with Gasteiger partial charge in [-0.3, -0.25) is 4.79 Å². The standard InChI is InChI=1S/C10H14F3N3O3S/c1-6(2)16-7(3-19-5-10(11,12)13)14-15-9(16)20-4-8(17)18/h6H,3-5H2,1-2H3,(H,17,18). The lowest BCUT2D eigenvalue weighted by atomic mass is 10.4. The molecule has 1 aromatic heterocycles. The van der Waals surface area contributed by atoms with Crippen molar-refractivity contribution in [3.63, 3.8) is 0 Å². The molecule has 114 valence electrons. The molecule has 0 saturated carbocycles. The zero-order valence-electron chi connectivity index (χ0n) is 10.8. The number of carboxylic acids is 1. The molecule has 0 bridgehead atoms. The van der Waals surface area contributed by atoms with Crippen molar-refractivity contribution in [1.29, 1.82) is 0 Å². The third-order valence-corrected chi connectivity index (χ3v) is 3.00. The molecule has 20 heavy (non-hydrogen) atoms. The molecule has 0 aliphatic carbocycles. The molecule has 1 aromatic rings. The van der Waals surface area contributed by atoms with Crippen LogP contribution in [0.25, 0.3) is 0 Å². The van der Waals surface area contributed by atoms with Gasteiger partial charge in [0, 0.05) is 6.04 Å². The van der Waals surface area contributed by atoms with Crippen LogP contribution in [0.5, 0.6) is 0 Å². The number of carboxylic acid groups (broad SMARTS) is 1. The van der Waals surface area contributed by atoms with Gasteiger partial charge in [0.2, 0.25) is 0 Å². The average molecular weight is 313 g/mol. The van der Waals surface area contributed by atoms with Crippen molar-refractivity contribution in [2.75, 3.05) is 12.4 Å². The predicted octanol–water partition coefficient (Wildman–Crippen LogP) is 2.11. The second-order valence-electron chi connectivity index (χ2n) is 4.15. The molecule has 0 radical (unpaired) electrons. The van der Waals surface area contributed by atoms with Crippen molar-refractivity contribution in [3.8, 4) is 0 Å². The monoisotopic (exact) mass is 313 g/mol. The fourth-order valence-electron chi connectivity index (χ4n) is 1.41. The second-order valence-corrected chi connectivity index (χ2v) is 5.10. The summed E-state index contributed by atoms with van der Waals surface area (Å²) in [4.78, 5) is 10.5. The van der Waals surface area contributed by atoms with Gasteiger partial charge in [-0.2, -0.15) is 13.2 Å². The summed E-state index contributed by atoms with van der Waals surface area (Å²) in [6.45, 7) is 1.89. The number of hydrogen-bond acceptors (Lipinski definition) is 5. The first kappa shape index (κ1) is 16.8. The van der Waals surface area contributed by atoms with Crippen LogP contribution in [-0.2, 0) is 16.1 Å². The summed E-state index contributed by atoms with van der Waals surface area (Å²) in [5, 5.41) is 16.5. The van der Waals surface area contributed by atoms with E-state index >= 15 is 0 Å². The lowest BCUT2D eigenvalue weighted by Gasteiger charge is -2.13. The first-order valence-electron chi connectivity index (χ1n) is 5.63. The molecular formula is C10H14F3N3O3S. The molecule has 0 atom stereocenters. The van der Waals surface area contributed by atoms with E-state index in [2.05, 4.69) is 14.9 Å². The van der Waals surface area contributed by atoms with Gasteiger partial charge in [0.1, 0.15) is 13.2 Å². The van der Waals surface area contributed by atoms with Gasteiger partial charge in [0.25, 0.3) is 0 Å².